The SMILES string of the molecule is O=C(Nc1nccs1)[C@@H]1CCCN1C(=O)c1cc(Cl)cc(Cl)c1. The molecule has 0 radical (unpaired) electrons. The van der Waals surface area contributed by atoms with Crippen LogP contribution in [0.4, 0.5) is 5.13 Å². The summed E-state index contributed by atoms with van der Waals surface area (Å²) in [6.45, 7) is 0.527. The second-order valence-corrected chi connectivity index (χ2v) is 6.91. The van der Waals surface area contributed by atoms with E-state index in [1.807, 2.05) is 0 Å². The fourth-order valence-corrected chi connectivity index (χ4v) is 3.66. The van der Waals surface area contributed by atoms with Crippen molar-refractivity contribution in [2.24, 2.45) is 0 Å². The molecule has 2 aromatic rings. The van der Waals surface area contributed by atoms with Gasteiger partial charge in [-0.1, -0.05) is 23.2 Å². The Hall–Kier alpha value is -1.63. The van der Waals surface area contributed by atoms with Gasteiger partial charge in [-0.15, -0.1) is 11.3 Å². The van der Waals surface area contributed by atoms with Crippen molar-refractivity contribution in [2.75, 3.05) is 11.9 Å². The van der Waals surface area contributed by atoms with E-state index in [0.29, 0.717) is 33.7 Å². The lowest BCUT2D eigenvalue weighted by Crippen LogP contribution is -2.43. The number of rotatable bonds is 3. The number of benzene rings is 1. The molecule has 0 unspecified atom stereocenters. The van der Waals surface area contributed by atoms with Gasteiger partial charge in [0.1, 0.15) is 6.04 Å². The van der Waals surface area contributed by atoms with Crippen molar-refractivity contribution in [3.8, 4) is 0 Å². The maximum Gasteiger partial charge on any atom is 0.254 e. The maximum absolute atomic E-state index is 12.7. The number of hydrogen-bond acceptors (Lipinski definition) is 4. The Morgan fingerprint density at radius 3 is 2.65 bits per heavy atom. The van der Waals surface area contributed by atoms with Gasteiger partial charge in [-0.3, -0.25) is 9.59 Å². The number of aromatic nitrogens is 1. The topological polar surface area (TPSA) is 62.3 Å². The van der Waals surface area contributed by atoms with Gasteiger partial charge < -0.3 is 10.2 Å². The van der Waals surface area contributed by atoms with E-state index in [-0.39, 0.29) is 11.8 Å². The molecule has 8 heteroatoms. The number of likely N-dealkylation sites (tertiary alicyclic amines) is 1. The average molecular weight is 370 g/mol. The van der Waals surface area contributed by atoms with Crippen LogP contribution in [0.5, 0.6) is 0 Å². The standard InChI is InChI=1S/C15H13Cl2N3O2S/c16-10-6-9(7-11(17)8-10)14(22)20-4-1-2-12(20)13(21)19-15-18-3-5-23-15/h3,5-8,12H,1-2,4H2,(H,18,19,21)/t12-/m0/s1. The zero-order valence-corrected chi connectivity index (χ0v) is 14.3. The van der Waals surface area contributed by atoms with Crippen molar-refractivity contribution in [3.05, 3.63) is 45.4 Å². The van der Waals surface area contributed by atoms with Crippen LogP contribution in [0, 0.1) is 0 Å². The Morgan fingerprint density at radius 2 is 2.00 bits per heavy atom. The largest absolute Gasteiger partial charge is 0.327 e. The molecule has 2 heterocycles. The van der Waals surface area contributed by atoms with Gasteiger partial charge in [-0.2, -0.15) is 0 Å². The summed E-state index contributed by atoms with van der Waals surface area (Å²) in [6, 6.07) is 4.17. The minimum atomic E-state index is -0.510. The summed E-state index contributed by atoms with van der Waals surface area (Å²) in [5.74, 6) is -0.467. The molecule has 1 N–H and O–H groups in total. The average Bonchev–Trinajstić information content (AvgIpc) is 3.16. The summed E-state index contributed by atoms with van der Waals surface area (Å²) >= 11 is 13.2. The number of carbonyl (C=O) groups excluding carboxylic acids is 2. The van der Waals surface area contributed by atoms with Gasteiger partial charge >= 0.3 is 0 Å². The Labute approximate surface area is 147 Å². The van der Waals surface area contributed by atoms with Crippen LogP contribution in [-0.2, 0) is 4.79 Å². The molecule has 1 aliphatic heterocycles. The van der Waals surface area contributed by atoms with E-state index in [1.165, 1.54) is 11.3 Å². The van der Waals surface area contributed by atoms with Gasteiger partial charge in [0, 0.05) is 33.7 Å². The summed E-state index contributed by atoms with van der Waals surface area (Å²) in [7, 11) is 0. The number of nitrogens with zero attached hydrogens (tertiary/aromatic N) is 2. The van der Waals surface area contributed by atoms with Crippen LogP contribution >= 0.6 is 34.5 Å². The second-order valence-electron chi connectivity index (χ2n) is 5.14. The highest BCUT2D eigenvalue weighted by Gasteiger charge is 2.35. The number of thiazole rings is 1. The van der Waals surface area contributed by atoms with Crippen LogP contribution in [0.15, 0.2) is 29.8 Å². The first kappa shape index (κ1) is 16.2. The monoisotopic (exact) mass is 369 g/mol. The lowest BCUT2D eigenvalue weighted by molar-refractivity contribution is -0.119. The minimum absolute atomic E-state index is 0.223. The molecule has 1 aromatic carbocycles. The van der Waals surface area contributed by atoms with Crippen LogP contribution in [0.2, 0.25) is 10.0 Å². The van der Waals surface area contributed by atoms with Gasteiger partial charge in [0.05, 0.1) is 0 Å². The van der Waals surface area contributed by atoms with E-state index in [9.17, 15) is 9.59 Å². The minimum Gasteiger partial charge on any atom is -0.327 e. The summed E-state index contributed by atoms with van der Waals surface area (Å²) in [4.78, 5) is 30.7. The molecule has 1 aromatic heterocycles. The predicted octanol–water partition coefficient (Wildman–Crippen LogP) is 3.69. The Bertz CT molecular complexity index is 716. The van der Waals surface area contributed by atoms with Crippen LogP contribution in [0.1, 0.15) is 23.2 Å². The molecule has 1 saturated heterocycles. The molecule has 1 atom stereocenters. The Kier molecular flexibility index (Phi) is 4.84. The van der Waals surface area contributed by atoms with E-state index >= 15 is 0 Å². The van der Waals surface area contributed by atoms with Crippen molar-refractivity contribution >= 4 is 51.5 Å². The van der Waals surface area contributed by atoms with Crippen molar-refractivity contribution in [1.29, 1.82) is 0 Å². The van der Waals surface area contributed by atoms with E-state index in [2.05, 4.69) is 10.3 Å². The van der Waals surface area contributed by atoms with Crippen LogP contribution < -0.4 is 5.32 Å². The summed E-state index contributed by atoms with van der Waals surface area (Å²) < 4.78 is 0. The first-order chi connectivity index (χ1) is 11.0. The highest BCUT2D eigenvalue weighted by molar-refractivity contribution is 7.13. The summed E-state index contributed by atoms with van der Waals surface area (Å²) in [5.41, 5.74) is 0.386. The van der Waals surface area contributed by atoms with E-state index in [4.69, 9.17) is 23.2 Å². The molecule has 1 fully saturated rings. The third-order valence-corrected chi connectivity index (χ3v) is 4.71. The Balaban J connectivity index is 1.77. The molecule has 5 nitrogen and oxygen atoms in total. The summed E-state index contributed by atoms with van der Waals surface area (Å²) in [5, 5.41) is 5.84. The van der Waals surface area contributed by atoms with Crippen molar-refractivity contribution in [1.82, 2.24) is 9.88 Å². The molecule has 0 bridgehead atoms. The highest BCUT2D eigenvalue weighted by atomic mass is 35.5. The number of halogens is 2. The maximum atomic E-state index is 12.7. The first-order valence-corrected chi connectivity index (χ1v) is 8.65. The van der Waals surface area contributed by atoms with E-state index in [0.717, 1.165) is 6.42 Å². The molecule has 0 spiro atoms. The number of amides is 2. The van der Waals surface area contributed by atoms with Gasteiger partial charge in [0.25, 0.3) is 5.91 Å². The lowest BCUT2D eigenvalue weighted by atomic mass is 10.1. The third-order valence-electron chi connectivity index (χ3n) is 3.59. The molecule has 3 rings (SSSR count). The number of nitrogens with one attached hydrogen (secondary N) is 1. The van der Waals surface area contributed by atoms with Crippen LogP contribution in [-0.4, -0.2) is 34.3 Å². The molecule has 2 amide bonds. The molecular formula is C15H13Cl2N3O2S. The normalized spacial score (nSPS) is 17.3. The third kappa shape index (κ3) is 3.65. The number of anilines is 1. The zero-order valence-electron chi connectivity index (χ0n) is 12.0. The number of hydrogen-bond donors (Lipinski definition) is 1. The van der Waals surface area contributed by atoms with Gasteiger partial charge in [0.2, 0.25) is 5.91 Å². The van der Waals surface area contributed by atoms with Crippen LogP contribution in [0.25, 0.3) is 0 Å². The molecule has 1 aliphatic rings. The lowest BCUT2D eigenvalue weighted by Gasteiger charge is -2.23. The molecule has 0 aliphatic carbocycles. The molecule has 23 heavy (non-hydrogen) atoms. The van der Waals surface area contributed by atoms with E-state index < -0.39 is 6.04 Å². The quantitative estimate of drug-likeness (QED) is 0.896. The Morgan fingerprint density at radius 1 is 1.26 bits per heavy atom. The smallest absolute Gasteiger partial charge is 0.254 e. The van der Waals surface area contributed by atoms with Gasteiger partial charge in [0.15, 0.2) is 5.13 Å². The van der Waals surface area contributed by atoms with Crippen molar-refractivity contribution in [2.45, 2.75) is 18.9 Å². The van der Waals surface area contributed by atoms with Crippen LogP contribution in [0.3, 0.4) is 0 Å². The highest BCUT2D eigenvalue weighted by Crippen LogP contribution is 2.25. The second kappa shape index (κ2) is 6.86. The first-order valence-electron chi connectivity index (χ1n) is 7.02. The molecule has 120 valence electrons. The predicted molar refractivity (Wildman–Crippen MR) is 91.3 cm³/mol. The zero-order chi connectivity index (χ0) is 16.4. The molecular weight excluding hydrogens is 357 g/mol. The van der Waals surface area contributed by atoms with Crippen molar-refractivity contribution in [3.63, 3.8) is 0 Å². The fraction of sp³-hybridized carbons (Fsp3) is 0.267. The number of carbonyl (C=O) groups is 2. The van der Waals surface area contributed by atoms with Crippen molar-refractivity contribution < 1.29 is 9.59 Å². The van der Waals surface area contributed by atoms with Gasteiger partial charge in [-0.25, -0.2) is 4.98 Å². The summed E-state index contributed by atoms with van der Waals surface area (Å²) in [6.07, 6.45) is 3.01. The fourth-order valence-electron chi connectivity index (χ4n) is 2.60. The van der Waals surface area contributed by atoms with Gasteiger partial charge in [-0.05, 0) is 31.0 Å². The molecule has 0 saturated carbocycles. The van der Waals surface area contributed by atoms with E-state index in [1.54, 1.807) is 34.7 Å².